The molecule has 0 saturated heterocycles. The number of carbonyl (C=O) groups excluding carboxylic acids is 2. The normalized spacial score (nSPS) is 13.8. The molecule has 0 spiro atoms. The molecule has 0 bridgehead atoms. The highest BCUT2D eigenvalue weighted by molar-refractivity contribution is 8.00. The molecule has 1 fully saturated rings. The third kappa shape index (κ3) is 6.82. The number of hydrogen-bond acceptors (Lipinski definition) is 3. The number of nitrogens with zero attached hydrogens (tertiary/aromatic N) is 1. The van der Waals surface area contributed by atoms with Gasteiger partial charge in [-0.1, -0.05) is 55.3 Å². The molecule has 6 heteroatoms. The molecule has 29 heavy (non-hydrogen) atoms. The number of hydrogen-bond donors (Lipinski definition) is 2. The van der Waals surface area contributed by atoms with Crippen molar-refractivity contribution >= 4 is 29.4 Å². The first-order chi connectivity index (χ1) is 14.1. The van der Waals surface area contributed by atoms with Gasteiger partial charge in [-0.2, -0.15) is 0 Å². The Labute approximate surface area is 177 Å². The van der Waals surface area contributed by atoms with Gasteiger partial charge in [0.2, 0.25) is 5.91 Å². The van der Waals surface area contributed by atoms with Crippen molar-refractivity contribution in [2.24, 2.45) is 0 Å². The van der Waals surface area contributed by atoms with Crippen LogP contribution in [0.2, 0.25) is 0 Å². The summed E-state index contributed by atoms with van der Waals surface area (Å²) in [6.07, 6.45) is 5.33. The summed E-state index contributed by atoms with van der Waals surface area (Å²) >= 11 is 1.86. The molecule has 5 nitrogen and oxygen atoms in total. The summed E-state index contributed by atoms with van der Waals surface area (Å²) in [5.74, 6) is -0.0875. The molecule has 154 valence electrons. The lowest BCUT2D eigenvalue weighted by Crippen LogP contribution is -2.38. The number of nitrogens with one attached hydrogen (secondary N) is 2. The smallest absolute Gasteiger partial charge is 0.317 e. The van der Waals surface area contributed by atoms with Crippen LogP contribution in [0, 0.1) is 0 Å². The Balaban J connectivity index is 1.42. The van der Waals surface area contributed by atoms with Gasteiger partial charge in [0.1, 0.15) is 0 Å². The summed E-state index contributed by atoms with van der Waals surface area (Å²) in [5.41, 5.74) is 1.93. The molecule has 3 amide bonds. The average Bonchev–Trinajstić information content (AvgIpc) is 3.23. The van der Waals surface area contributed by atoms with E-state index in [-0.39, 0.29) is 18.4 Å². The van der Waals surface area contributed by atoms with Gasteiger partial charge in [-0.05, 0) is 30.5 Å². The summed E-state index contributed by atoms with van der Waals surface area (Å²) in [6, 6.07) is 17.6. The molecule has 2 aromatic rings. The van der Waals surface area contributed by atoms with E-state index in [1.54, 1.807) is 11.9 Å². The molecule has 3 rings (SSSR count). The van der Waals surface area contributed by atoms with Gasteiger partial charge in [-0.15, -0.1) is 11.8 Å². The highest BCUT2D eigenvalue weighted by Crippen LogP contribution is 2.37. The van der Waals surface area contributed by atoms with E-state index in [1.165, 1.54) is 25.7 Å². The fraction of sp³-hybridized carbons (Fsp3) is 0.391. The summed E-state index contributed by atoms with van der Waals surface area (Å²) < 4.78 is 0. The fourth-order valence-corrected chi connectivity index (χ4v) is 4.75. The van der Waals surface area contributed by atoms with Crippen LogP contribution < -0.4 is 10.6 Å². The largest absolute Gasteiger partial charge is 0.337 e. The van der Waals surface area contributed by atoms with E-state index in [9.17, 15) is 9.59 Å². The molecule has 2 aromatic carbocycles. The number of para-hydroxylation sites is 1. The minimum absolute atomic E-state index is 0.0875. The van der Waals surface area contributed by atoms with Crippen LogP contribution in [-0.4, -0.2) is 35.7 Å². The van der Waals surface area contributed by atoms with Crippen molar-refractivity contribution in [2.45, 2.75) is 48.8 Å². The van der Waals surface area contributed by atoms with Crippen molar-refractivity contribution in [3.63, 3.8) is 0 Å². The Morgan fingerprint density at radius 3 is 2.48 bits per heavy atom. The Hall–Kier alpha value is -2.47. The maximum absolute atomic E-state index is 12.4. The van der Waals surface area contributed by atoms with Crippen molar-refractivity contribution in [2.75, 3.05) is 18.9 Å². The van der Waals surface area contributed by atoms with Crippen LogP contribution in [0.4, 0.5) is 10.5 Å². The lowest BCUT2D eigenvalue weighted by Gasteiger charge is -2.18. The van der Waals surface area contributed by atoms with E-state index in [1.807, 2.05) is 60.3 Å². The van der Waals surface area contributed by atoms with Gasteiger partial charge in [-0.25, -0.2) is 4.79 Å². The van der Waals surface area contributed by atoms with Crippen molar-refractivity contribution in [1.29, 1.82) is 0 Å². The predicted molar refractivity (Wildman–Crippen MR) is 119 cm³/mol. The van der Waals surface area contributed by atoms with Gasteiger partial charge >= 0.3 is 6.03 Å². The standard InChI is InChI=1S/C23H29N3O2S/c1-26(17-18-9-3-2-4-10-18)23(28)24-16-15-22(27)25-20-13-7-8-14-21(20)29-19-11-5-6-12-19/h2-4,7-10,13-14,19H,5-6,11-12,15-17H2,1H3,(H,24,28)(H,25,27). The van der Waals surface area contributed by atoms with Crippen molar-refractivity contribution in [3.05, 3.63) is 60.2 Å². The second kappa shape index (κ2) is 10.9. The fourth-order valence-electron chi connectivity index (χ4n) is 3.42. The molecular weight excluding hydrogens is 382 g/mol. The van der Waals surface area contributed by atoms with E-state index in [2.05, 4.69) is 16.7 Å². The first-order valence-electron chi connectivity index (χ1n) is 10.2. The molecule has 0 aliphatic heterocycles. The van der Waals surface area contributed by atoms with Crippen LogP contribution in [0.15, 0.2) is 59.5 Å². The molecule has 0 atom stereocenters. The number of amides is 3. The van der Waals surface area contributed by atoms with E-state index in [4.69, 9.17) is 0 Å². The van der Waals surface area contributed by atoms with E-state index in [0.717, 1.165) is 16.1 Å². The Bertz CT molecular complexity index is 807. The average molecular weight is 412 g/mol. The Morgan fingerprint density at radius 1 is 1.03 bits per heavy atom. The second-order valence-electron chi connectivity index (χ2n) is 7.39. The zero-order valence-corrected chi connectivity index (χ0v) is 17.7. The molecule has 0 aromatic heterocycles. The molecule has 0 heterocycles. The lowest BCUT2D eigenvalue weighted by molar-refractivity contribution is -0.116. The first-order valence-corrected chi connectivity index (χ1v) is 11.1. The summed E-state index contributed by atoms with van der Waals surface area (Å²) in [6.45, 7) is 0.840. The number of urea groups is 1. The zero-order valence-electron chi connectivity index (χ0n) is 16.9. The van der Waals surface area contributed by atoms with Crippen LogP contribution in [0.3, 0.4) is 0 Å². The highest BCUT2D eigenvalue weighted by atomic mass is 32.2. The molecule has 1 aliphatic carbocycles. The number of rotatable bonds is 8. The third-order valence-electron chi connectivity index (χ3n) is 4.99. The Kier molecular flexibility index (Phi) is 7.99. The van der Waals surface area contributed by atoms with Crippen LogP contribution in [-0.2, 0) is 11.3 Å². The van der Waals surface area contributed by atoms with Crippen molar-refractivity contribution in [1.82, 2.24) is 10.2 Å². The monoisotopic (exact) mass is 411 g/mol. The molecule has 1 aliphatic rings. The lowest BCUT2D eigenvalue weighted by atomic mass is 10.2. The number of carbonyl (C=O) groups is 2. The van der Waals surface area contributed by atoms with Gasteiger partial charge in [0.05, 0.1) is 5.69 Å². The van der Waals surface area contributed by atoms with Gasteiger partial charge in [0.15, 0.2) is 0 Å². The van der Waals surface area contributed by atoms with Crippen LogP contribution in [0.25, 0.3) is 0 Å². The van der Waals surface area contributed by atoms with Gasteiger partial charge in [0.25, 0.3) is 0 Å². The topological polar surface area (TPSA) is 61.4 Å². The first kappa shape index (κ1) is 21.2. The van der Waals surface area contributed by atoms with Gasteiger partial charge in [0, 0.05) is 36.7 Å². The van der Waals surface area contributed by atoms with Gasteiger partial charge < -0.3 is 15.5 Å². The van der Waals surface area contributed by atoms with Crippen molar-refractivity contribution < 1.29 is 9.59 Å². The third-order valence-corrected chi connectivity index (χ3v) is 6.41. The van der Waals surface area contributed by atoms with Crippen LogP contribution in [0.1, 0.15) is 37.7 Å². The minimum atomic E-state index is -0.182. The van der Waals surface area contributed by atoms with Crippen molar-refractivity contribution in [3.8, 4) is 0 Å². The van der Waals surface area contributed by atoms with Crippen LogP contribution in [0.5, 0.6) is 0 Å². The summed E-state index contributed by atoms with van der Waals surface area (Å²) in [7, 11) is 1.75. The molecule has 1 saturated carbocycles. The summed E-state index contributed by atoms with van der Waals surface area (Å²) in [4.78, 5) is 27.3. The van der Waals surface area contributed by atoms with Gasteiger partial charge in [-0.3, -0.25) is 4.79 Å². The van der Waals surface area contributed by atoms with E-state index >= 15 is 0 Å². The van der Waals surface area contributed by atoms with E-state index in [0.29, 0.717) is 18.3 Å². The SMILES string of the molecule is CN(Cc1ccccc1)C(=O)NCCC(=O)Nc1ccccc1SC1CCCC1. The maximum Gasteiger partial charge on any atom is 0.317 e. The van der Waals surface area contributed by atoms with E-state index < -0.39 is 0 Å². The minimum Gasteiger partial charge on any atom is -0.337 e. The molecule has 0 unspecified atom stereocenters. The number of anilines is 1. The molecule has 2 N–H and O–H groups in total. The zero-order chi connectivity index (χ0) is 20.5. The molecular formula is C23H29N3O2S. The Morgan fingerprint density at radius 2 is 1.72 bits per heavy atom. The highest BCUT2D eigenvalue weighted by Gasteiger charge is 2.18. The molecule has 0 radical (unpaired) electrons. The maximum atomic E-state index is 12.4. The quantitative estimate of drug-likeness (QED) is 0.650. The summed E-state index contributed by atoms with van der Waals surface area (Å²) in [5, 5.41) is 6.46. The second-order valence-corrected chi connectivity index (χ2v) is 8.73. The van der Waals surface area contributed by atoms with Crippen LogP contribution >= 0.6 is 11.8 Å². The number of benzene rings is 2. The number of thioether (sulfide) groups is 1. The predicted octanol–water partition coefficient (Wildman–Crippen LogP) is 4.89.